The molecule has 0 atom stereocenters. The minimum Gasteiger partial charge on any atom is -0.457 e. The van der Waals surface area contributed by atoms with Crippen LogP contribution >= 0.6 is 0 Å². The molecule has 0 unspecified atom stereocenters. The lowest BCUT2D eigenvalue weighted by molar-refractivity contribution is -0.274. The molecule has 0 saturated carbocycles. The van der Waals surface area contributed by atoms with Crippen molar-refractivity contribution < 1.29 is 27.4 Å². The van der Waals surface area contributed by atoms with Crippen LogP contribution in [-0.2, 0) is 7.05 Å². The standard InChI is InChI=1S/C23H17F3N4O3/c1-30-14-16(13-28-30)21-12-19(8-9-27-21)32-18-6-3-5-17(11-18)29-22(31)15-4-2-7-20(10-15)33-23(24,25)26/h2-14H,1H3,(H,29,31). The third-order valence-corrected chi connectivity index (χ3v) is 4.39. The molecule has 33 heavy (non-hydrogen) atoms. The number of pyridine rings is 1. The molecule has 10 heteroatoms. The molecule has 4 rings (SSSR count). The second-order valence-electron chi connectivity index (χ2n) is 6.94. The van der Waals surface area contributed by atoms with Gasteiger partial charge in [-0.05, 0) is 36.4 Å². The molecule has 0 bridgehead atoms. The highest BCUT2D eigenvalue weighted by molar-refractivity contribution is 6.04. The van der Waals surface area contributed by atoms with Gasteiger partial charge in [-0.25, -0.2) is 0 Å². The molecule has 0 radical (unpaired) electrons. The molecule has 0 spiro atoms. The highest BCUT2D eigenvalue weighted by Crippen LogP contribution is 2.28. The third-order valence-electron chi connectivity index (χ3n) is 4.39. The zero-order chi connectivity index (χ0) is 23.4. The van der Waals surface area contributed by atoms with Gasteiger partial charge < -0.3 is 14.8 Å². The Labute approximate surface area is 186 Å². The Balaban J connectivity index is 1.47. The first kappa shape index (κ1) is 21.9. The summed E-state index contributed by atoms with van der Waals surface area (Å²) in [5.74, 6) is -0.0912. The zero-order valence-electron chi connectivity index (χ0n) is 17.2. The van der Waals surface area contributed by atoms with Gasteiger partial charge in [0.05, 0.1) is 11.9 Å². The third kappa shape index (κ3) is 5.88. The van der Waals surface area contributed by atoms with Crippen molar-refractivity contribution in [3.63, 3.8) is 0 Å². The summed E-state index contributed by atoms with van der Waals surface area (Å²) in [7, 11) is 1.81. The first-order valence-corrected chi connectivity index (χ1v) is 9.65. The molecule has 1 amide bonds. The summed E-state index contributed by atoms with van der Waals surface area (Å²) in [5, 5.41) is 6.76. The van der Waals surface area contributed by atoms with E-state index in [-0.39, 0.29) is 5.56 Å². The predicted octanol–water partition coefficient (Wildman–Crippen LogP) is 5.43. The first-order valence-electron chi connectivity index (χ1n) is 9.65. The predicted molar refractivity (Wildman–Crippen MR) is 114 cm³/mol. The number of aromatic nitrogens is 3. The minimum absolute atomic E-state index is 0.0123. The summed E-state index contributed by atoms with van der Waals surface area (Å²) >= 11 is 0. The van der Waals surface area contributed by atoms with Gasteiger partial charge in [-0.2, -0.15) is 5.10 Å². The average Bonchev–Trinajstić information content (AvgIpc) is 3.20. The van der Waals surface area contributed by atoms with Crippen LogP contribution in [0, 0.1) is 0 Å². The number of aryl methyl sites for hydroxylation is 1. The summed E-state index contributed by atoms with van der Waals surface area (Å²) in [6.45, 7) is 0. The van der Waals surface area contributed by atoms with Gasteiger partial charge in [0.25, 0.3) is 5.91 Å². The highest BCUT2D eigenvalue weighted by atomic mass is 19.4. The van der Waals surface area contributed by atoms with Gasteiger partial charge in [0, 0.05) is 48.4 Å². The van der Waals surface area contributed by atoms with Crippen molar-refractivity contribution >= 4 is 11.6 Å². The van der Waals surface area contributed by atoms with E-state index in [4.69, 9.17) is 4.74 Å². The molecule has 1 N–H and O–H groups in total. The Hall–Kier alpha value is -4.34. The molecule has 2 heterocycles. The number of hydrogen-bond acceptors (Lipinski definition) is 5. The number of anilines is 1. The van der Waals surface area contributed by atoms with E-state index in [1.807, 2.05) is 13.2 Å². The summed E-state index contributed by atoms with van der Waals surface area (Å²) in [4.78, 5) is 16.8. The number of nitrogens with zero attached hydrogens (tertiary/aromatic N) is 3. The number of alkyl halides is 3. The fourth-order valence-electron chi connectivity index (χ4n) is 3.00. The van der Waals surface area contributed by atoms with E-state index in [0.29, 0.717) is 22.9 Å². The van der Waals surface area contributed by atoms with E-state index in [9.17, 15) is 18.0 Å². The number of carbonyl (C=O) groups excluding carboxylic acids is 1. The van der Waals surface area contributed by atoms with Gasteiger partial charge in [0.1, 0.15) is 17.2 Å². The molecule has 2 aromatic heterocycles. The number of halogens is 3. The van der Waals surface area contributed by atoms with Crippen molar-refractivity contribution in [2.75, 3.05) is 5.32 Å². The van der Waals surface area contributed by atoms with E-state index >= 15 is 0 Å². The molecule has 0 fully saturated rings. The molecule has 2 aromatic carbocycles. The Morgan fingerprint density at radius 2 is 1.76 bits per heavy atom. The molecule has 168 valence electrons. The SMILES string of the molecule is Cn1cc(-c2cc(Oc3cccc(NC(=O)c4cccc(OC(F)(F)F)c4)c3)ccn2)cn1. The molecule has 7 nitrogen and oxygen atoms in total. The van der Waals surface area contributed by atoms with Gasteiger partial charge in [-0.15, -0.1) is 13.2 Å². The Kier molecular flexibility index (Phi) is 5.99. The Morgan fingerprint density at radius 3 is 2.52 bits per heavy atom. The van der Waals surface area contributed by atoms with Gasteiger partial charge >= 0.3 is 6.36 Å². The van der Waals surface area contributed by atoms with E-state index in [1.165, 1.54) is 12.1 Å². The maximum Gasteiger partial charge on any atom is 0.573 e. The lowest BCUT2D eigenvalue weighted by Gasteiger charge is -2.11. The van der Waals surface area contributed by atoms with Crippen LogP contribution in [0.25, 0.3) is 11.3 Å². The average molecular weight is 454 g/mol. The van der Waals surface area contributed by atoms with Crippen LogP contribution in [0.1, 0.15) is 10.4 Å². The summed E-state index contributed by atoms with van der Waals surface area (Å²) in [6, 6.07) is 14.9. The summed E-state index contributed by atoms with van der Waals surface area (Å²) in [5.41, 5.74) is 1.94. The van der Waals surface area contributed by atoms with Crippen molar-refractivity contribution in [2.45, 2.75) is 6.36 Å². The van der Waals surface area contributed by atoms with E-state index in [0.717, 1.165) is 17.7 Å². The number of hydrogen-bond donors (Lipinski definition) is 1. The van der Waals surface area contributed by atoms with Crippen molar-refractivity contribution in [1.29, 1.82) is 0 Å². The van der Waals surface area contributed by atoms with Crippen LogP contribution in [0.2, 0.25) is 0 Å². The summed E-state index contributed by atoms with van der Waals surface area (Å²) in [6.07, 6.45) is 0.290. The van der Waals surface area contributed by atoms with E-state index in [2.05, 4.69) is 20.1 Å². The van der Waals surface area contributed by atoms with Crippen LogP contribution < -0.4 is 14.8 Å². The van der Waals surface area contributed by atoms with Gasteiger partial charge in [0.2, 0.25) is 0 Å². The Morgan fingerprint density at radius 1 is 1.00 bits per heavy atom. The zero-order valence-corrected chi connectivity index (χ0v) is 17.2. The molecule has 0 aliphatic carbocycles. The molecule has 4 aromatic rings. The van der Waals surface area contributed by atoms with Gasteiger partial charge in [-0.3, -0.25) is 14.5 Å². The molecular formula is C23H17F3N4O3. The van der Waals surface area contributed by atoms with Crippen LogP contribution in [0.4, 0.5) is 18.9 Å². The van der Waals surface area contributed by atoms with Gasteiger partial charge in [0.15, 0.2) is 0 Å². The van der Waals surface area contributed by atoms with E-state index in [1.54, 1.807) is 53.5 Å². The van der Waals surface area contributed by atoms with Crippen molar-refractivity contribution in [3.05, 3.63) is 84.8 Å². The number of amides is 1. The smallest absolute Gasteiger partial charge is 0.457 e. The maximum atomic E-state index is 12.5. The number of nitrogens with one attached hydrogen (secondary N) is 1. The van der Waals surface area contributed by atoms with Crippen LogP contribution in [0.3, 0.4) is 0 Å². The van der Waals surface area contributed by atoms with Crippen molar-refractivity contribution in [1.82, 2.24) is 14.8 Å². The fourth-order valence-corrected chi connectivity index (χ4v) is 3.00. The fraction of sp³-hybridized carbons (Fsp3) is 0.0870. The summed E-state index contributed by atoms with van der Waals surface area (Å²) < 4.78 is 48.7. The molecular weight excluding hydrogens is 437 g/mol. The maximum absolute atomic E-state index is 12.5. The largest absolute Gasteiger partial charge is 0.573 e. The monoisotopic (exact) mass is 454 g/mol. The minimum atomic E-state index is -4.84. The van der Waals surface area contributed by atoms with E-state index < -0.39 is 18.0 Å². The normalized spacial score (nSPS) is 11.2. The van der Waals surface area contributed by atoms with Crippen molar-refractivity contribution in [3.8, 4) is 28.5 Å². The first-order chi connectivity index (χ1) is 15.7. The van der Waals surface area contributed by atoms with Gasteiger partial charge in [-0.1, -0.05) is 12.1 Å². The number of ether oxygens (including phenoxy) is 2. The van der Waals surface area contributed by atoms with Crippen molar-refractivity contribution in [2.24, 2.45) is 7.05 Å². The van der Waals surface area contributed by atoms with Crippen LogP contribution in [-0.4, -0.2) is 27.0 Å². The molecule has 0 aliphatic rings. The lowest BCUT2D eigenvalue weighted by atomic mass is 10.2. The number of rotatable bonds is 6. The molecule has 0 aliphatic heterocycles. The number of benzene rings is 2. The lowest BCUT2D eigenvalue weighted by Crippen LogP contribution is -2.18. The molecule has 0 saturated heterocycles. The Bertz CT molecular complexity index is 1290. The quantitative estimate of drug-likeness (QED) is 0.421. The number of carbonyl (C=O) groups is 1. The highest BCUT2D eigenvalue weighted by Gasteiger charge is 2.31. The second-order valence-corrected chi connectivity index (χ2v) is 6.94. The topological polar surface area (TPSA) is 78.3 Å². The van der Waals surface area contributed by atoms with Crippen LogP contribution in [0.15, 0.2) is 79.3 Å². The van der Waals surface area contributed by atoms with Crippen LogP contribution in [0.5, 0.6) is 17.2 Å². The second kappa shape index (κ2) is 9.03.